The van der Waals surface area contributed by atoms with Crippen LogP contribution < -0.4 is 5.32 Å². The monoisotopic (exact) mass is 224 g/mol. The first-order valence-corrected chi connectivity index (χ1v) is 6.66. The molecule has 0 bridgehead atoms. The van der Waals surface area contributed by atoms with Gasteiger partial charge in [0.1, 0.15) is 0 Å². The van der Waals surface area contributed by atoms with Crippen LogP contribution in [0.1, 0.15) is 34.1 Å². The predicted octanol–water partition coefficient (Wildman–Crippen LogP) is 2.52. The predicted molar refractivity (Wildman–Crippen MR) is 71.7 cm³/mol. The van der Waals surface area contributed by atoms with Crippen LogP contribution in [0.4, 0.5) is 0 Å². The molecule has 0 aromatic heterocycles. The Labute approximate surface area is 101 Å². The van der Waals surface area contributed by atoms with Gasteiger partial charge in [-0.1, -0.05) is 32.4 Å². The summed E-state index contributed by atoms with van der Waals surface area (Å²) in [6.45, 7) is 15.1. The number of rotatable bonds is 6. The van der Waals surface area contributed by atoms with E-state index in [2.05, 4.69) is 44.0 Å². The van der Waals surface area contributed by atoms with Crippen LogP contribution in [0.2, 0.25) is 0 Å². The second-order valence-electron chi connectivity index (χ2n) is 5.73. The molecule has 0 aromatic carbocycles. The smallest absolute Gasteiger partial charge is 0.0190 e. The van der Waals surface area contributed by atoms with Crippen LogP contribution in [0.3, 0.4) is 0 Å². The average Bonchev–Trinajstić information content (AvgIpc) is 2.16. The molecule has 2 heteroatoms. The lowest BCUT2D eigenvalue weighted by molar-refractivity contribution is 0.246. The van der Waals surface area contributed by atoms with Gasteiger partial charge in [0.2, 0.25) is 0 Å². The highest BCUT2D eigenvalue weighted by Crippen LogP contribution is 2.10. The highest BCUT2D eigenvalue weighted by molar-refractivity contribution is 5.04. The third-order valence-corrected chi connectivity index (χ3v) is 3.03. The lowest BCUT2D eigenvalue weighted by Crippen LogP contribution is -2.37. The summed E-state index contributed by atoms with van der Waals surface area (Å²) >= 11 is 0. The largest absolute Gasteiger partial charge is 0.316 e. The molecule has 0 amide bonds. The summed E-state index contributed by atoms with van der Waals surface area (Å²) in [5.41, 5.74) is 1.54. The van der Waals surface area contributed by atoms with Gasteiger partial charge in [-0.2, -0.15) is 0 Å². The van der Waals surface area contributed by atoms with Gasteiger partial charge in [-0.3, -0.25) is 4.90 Å². The molecule has 2 nitrogen and oxygen atoms in total. The molecule has 0 fully saturated rings. The Morgan fingerprint density at radius 1 is 1.31 bits per heavy atom. The van der Waals surface area contributed by atoms with Gasteiger partial charge in [0, 0.05) is 19.6 Å². The fraction of sp³-hybridized carbons (Fsp3) is 0.857. The quantitative estimate of drug-likeness (QED) is 0.697. The molecule has 1 unspecified atom stereocenters. The first-order chi connectivity index (χ1) is 7.58. The van der Waals surface area contributed by atoms with E-state index in [0.29, 0.717) is 0 Å². The SMILES string of the molecule is CC1=CCCN(CC(C)CNCC(C)C)C1. The van der Waals surface area contributed by atoms with Crippen molar-refractivity contribution in [1.82, 2.24) is 10.2 Å². The molecule has 1 N–H and O–H groups in total. The first-order valence-electron chi connectivity index (χ1n) is 6.66. The molecule has 0 saturated heterocycles. The molecule has 0 saturated carbocycles. The molecule has 94 valence electrons. The van der Waals surface area contributed by atoms with Crippen LogP contribution in [0, 0.1) is 11.8 Å². The van der Waals surface area contributed by atoms with Crippen molar-refractivity contribution in [3.05, 3.63) is 11.6 Å². The van der Waals surface area contributed by atoms with Crippen LogP contribution in [0.15, 0.2) is 11.6 Å². The zero-order chi connectivity index (χ0) is 12.0. The summed E-state index contributed by atoms with van der Waals surface area (Å²) in [7, 11) is 0. The van der Waals surface area contributed by atoms with E-state index in [1.807, 2.05) is 0 Å². The summed E-state index contributed by atoms with van der Waals surface area (Å²) in [6, 6.07) is 0. The minimum Gasteiger partial charge on any atom is -0.316 e. The van der Waals surface area contributed by atoms with Gasteiger partial charge in [-0.05, 0) is 38.3 Å². The van der Waals surface area contributed by atoms with E-state index in [0.717, 1.165) is 24.9 Å². The Kier molecular flexibility index (Phi) is 6.07. The van der Waals surface area contributed by atoms with E-state index < -0.39 is 0 Å². The Morgan fingerprint density at radius 3 is 2.69 bits per heavy atom. The highest BCUT2D eigenvalue weighted by atomic mass is 15.1. The van der Waals surface area contributed by atoms with Gasteiger partial charge in [-0.25, -0.2) is 0 Å². The minimum absolute atomic E-state index is 0.754. The van der Waals surface area contributed by atoms with E-state index in [4.69, 9.17) is 0 Å². The van der Waals surface area contributed by atoms with Crippen LogP contribution in [-0.4, -0.2) is 37.6 Å². The van der Waals surface area contributed by atoms with E-state index >= 15 is 0 Å². The molecule has 0 radical (unpaired) electrons. The van der Waals surface area contributed by atoms with Gasteiger partial charge in [0.15, 0.2) is 0 Å². The second-order valence-corrected chi connectivity index (χ2v) is 5.73. The van der Waals surface area contributed by atoms with Gasteiger partial charge >= 0.3 is 0 Å². The summed E-state index contributed by atoms with van der Waals surface area (Å²) in [5.74, 6) is 1.51. The molecule has 1 rings (SSSR count). The summed E-state index contributed by atoms with van der Waals surface area (Å²) in [6.07, 6.45) is 3.61. The molecule has 16 heavy (non-hydrogen) atoms. The van der Waals surface area contributed by atoms with Crippen molar-refractivity contribution in [2.24, 2.45) is 11.8 Å². The summed E-state index contributed by atoms with van der Waals surface area (Å²) in [5, 5.41) is 3.54. The standard InChI is InChI=1S/C14H28N2/c1-12(2)8-15-9-14(4)11-16-7-5-6-13(3)10-16/h6,12,14-15H,5,7-11H2,1-4H3. The van der Waals surface area contributed by atoms with E-state index in [1.165, 1.54) is 31.6 Å². The zero-order valence-electron chi connectivity index (χ0n) is 11.4. The fourth-order valence-corrected chi connectivity index (χ4v) is 2.27. The maximum atomic E-state index is 3.54. The maximum Gasteiger partial charge on any atom is 0.0190 e. The van der Waals surface area contributed by atoms with E-state index in [-0.39, 0.29) is 0 Å². The zero-order valence-corrected chi connectivity index (χ0v) is 11.4. The third-order valence-electron chi connectivity index (χ3n) is 3.03. The van der Waals surface area contributed by atoms with Crippen LogP contribution in [0.5, 0.6) is 0 Å². The first kappa shape index (κ1) is 13.7. The van der Waals surface area contributed by atoms with E-state index in [9.17, 15) is 0 Å². The van der Waals surface area contributed by atoms with Crippen molar-refractivity contribution < 1.29 is 0 Å². The molecule has 1 aliphatic heterocycles. The van der Waals surface area contributed by atoms with Crippen molar-refractivity contribution in [2.75, 3.05) is 32.7 Å². The molecule has 1 heterocycles. The van der Waals surface area contributed by atoms with Gasteiger partial charge in [0.05, 0.1) is 0 Å². The van der Waals surface area contributed by atoms with Crippen LogP contribution >= 0.6 is 0 Å². The molecule has 0 spiro atoms. The lowest BCUT2D eigenvalue weighted by Gasteiger charge is -2.28. The van der Waals surface area contributed by atoms with Crippen LogP contribution in [0.25, 0.3) is 0 Å². The second kappa shape index (κ2) is 7.08. The number of hydrogen-bond acceptors (Lipinski definition) is 2. The molecule has 0 aliphatic carbocycles. The molecule has 1 aliphatic rings. The molecule has 0 aromatic rings. The van der Waals surface area contributed by atoms with Gasteiger partial charge < -0.3 is 5.32 Å². The Bertz CT molecular complexity index is 221. The summed E-state index contributed by atoms with van der Waals surface area (Å²) in [4.78, 5) is 2.58. The van der Waals surface area contributed by atoms with Crippen molar-refractivity contribution in [1.29, 1.82) is 0 Å². The van der Waals surface area contributed by atoms with Gasteiger partial charge in [0.25, 0.3) is 0 Å². The van der Waals surface area contributed by atoms with Crippen LogP contribution in [-0.2, 0) is 0 Å². The van der Waals surface area contributed by atoms with Crippen molar-refractivity contribution >= 4 is 0 Å². The van der Waals surface area contributed by atoms with Crippen molar-refractivity contribution in [2.45, 2.75) is 34.1 Å². The Hall–Kier alpha value is -0.340. The highest BCUT2D eigenvalue weighted by Gasteiger charge is 2.12. The lowest BCUT2D eigenvalue weighted by atomic mass is 10.1. The topological polar surface area (TPSA) is 15.3 Å². The van der Waals surface area contributed by atoms with Crippen molar-refractivity contribution in [3.63, 3.8) is 0 Å². The minimum atomic E-state index is 0.754. The van der Waals surface area contributed by atoms with Gasteiger partial charge in [-0.15, -0.1) is 0 Å². The summed E-state index contributed by atoms with van der Waals surface area (Å²) < 4.78 is 0. The van der Waals surface area contributed by atoms with E-state index in [1.54, 1.807) is 0 Å². The Morgan fingerprint density at radius 2 is 2.06 bits per heavy atom. The molecular formula is C14H28N2. The maximum absolute atomic E-state index is 3.54. The number of nitrogens with zero attached hydrogens (tertiary/aromatic N) is 1. The number of nitrogens with one attached hydrogen (secondary N) is 1. The molecule has 1 atom stereocenters. The Balaban J connectivity index is 2.14. The fourth-order valence-electron chi connectivity index (χ4n) is 2.27. The average molecular weight is 224 g/mol. The van der Waals surface area contributed by atoms with Crippen molar-refractivity contribution in [3.8, 4) is 0 Å². The third kappa shape index (κ3) is 5.66. The molecular weight excluding hydrogens is 196 g/mol. The number of hydrogen-bond donors (Lipinski definition) is 1. The normalized spacial score (nSPS) is 19.9.